The Morgan fingerprint density at radius 2 is 1.86 bits per heavy atom. The molecule has 0 bridgehead atoms. The van der Waals surface area contributed by atoms with Crippen LogP contribution in [0.3, 0.4) is 0 Å². The molecule has 1 amide bonds. The van der Waals surface area contributed by atoms with E-state index in [9.17, 15) is 4.79 Å². The van der Waals surface area contributed by atoms with Crippen molar-refractivity contribution in [2.75, 3.05) is 19.6 Å². The van der Waals surface area contributed by atoms with Crippen LogP contribution >= 0.6 is 11.6 Å². The van der Waals surface area contributed by atoms with Crippen LogP contribution in [0.25, 0.3) is 0 Å². The Morgan fingerprint density at radius 3 is 2.62 bits per heavy atom. The van der Waals surface area contributed by atoms with Crippen LogP contribution in [0.15, 0.2) is 47.6 Å². The van der Waals surface area contributed by atoms with Crippen LogP contribution in [0, 0.1) is 13.8 Å². The van der Waals surface area contributed by atoms with Gasteiger partial charge < -0.3 is 0 Å². The molecule has 0 spiro atoms. The summed E-state index contributed by atoms with van der Waals surface area (Å²) in [6.45, 7) is 6.58. The normalized spacial score (nSPS) is 20.0. The third-order valence-electron chi connectivity index (χ3n) is 5.94. The average molecular weight is 410 g/mol. The third-order valence-corrected chi connectivity index (χ3v) is 6.29. The molecule has 0 N–H and O–H groups in total. The number of nitrogens with zero attached hydrogens (tertiary/aromatic N) is 3. The van der Waals surface area contributed by atoms with Gasteiger partial charge in [0.15, 0.2) is 0 Å². The molecular weight excluding hydrogens is 382 g/mol. The van der Waals surface area contributed by atoms with Gasteiger partial charge in [0, 0.05) is 17.0 Å². The maximum absolute atomic E-state index is 13.3. The molecule has 29 heavy (non-hydrogen) atoms. The van der Waals surface area contributed by atoms with Gasteiger partial charge in [-0.25, -0.2) is 5.01 Å². The molecule has 4 rings (SSSR count). The van der Waals surface area contributed by atoms with Crippen LogP contribution in [-0.2, 0) is 4.79 Å². The molecule has 1 atom stereocenters. The van der Waals surface area contributed by atoms with E-state index in [4.69, 9.17) is 16.7 Å². The lowest BCUT2D eigenvalue weighted by molar-refractivity contribution is -0.134. The van der Waals surface area contributed by atoms with Crippen molar-refractivity contribution in [3.05, 3.63) is 69.7 Å². The Kier molecular flexibility index (Phi) is 6.02. The molecule has 4 nitrogen and oxygen atoms in total. The first kappa shape index (κ1) is 20.1. The monoisotopic (exact) mass is 409 g/mol. The Bertz CT molecular complexity index is 933. The summed E-state index contributed by atoms with van der Waals surface area (Å²) in [6, 6.07) is 14.0. The Hall–Kier alpha value is -2.17. The van der Waals surface area contributed by atoms with Crippen LogP contribution in [0.4, 0.5) is 0 Å². The zero-order valence-corrected chi connectivity index (χ0v) is 18.0. The SMILES string of the molecule is Cc1ccc(C)c(C2=NN(C(=O)CN3CCCCC3)[C@H](c3ccccc3Cl)C2)c1. The number of halogens is 1. The molecule has 2 heterocycles. The van der Waals surface area contributed by atoms with Crippen molar-refractivity contribution in [3.63, 3.8) is 0 Å². The number of amides is 1. The van der Waals surface area contributed by atoms with Crippen LogP contribution in [-0.4, -0.2) is 41.2 Å². The summed E-state index contributed by atoms with van der Waals surface area (Å²) in [5, 5.41) is 7.21. The molecular formula is C24H28ClN3O. The van der Waals surface area contributed by atoms with Gasteiger partial charge in [-0.2, -0.15) is 5.10 Å². The van der Waals surface area contributed by atoms with E-state index < -0.39 is 0 Å². The fourth-order valence-corrected chi connectivity index (χ4v) is 4.58. The second-order valence-corrected chi connectivity index (χ2v) is 8.59. The predicted octanol–water partition coefficient (Wildman–Crippen LogP) is 5.12. The largest absolute Gasteiger partial charge is 0.294 e. The number of likely N-dealkylation sites (tertiary alicyclic amines) is 1. The molecule has 0 radical (unpaired) electrons. The molecule has 1 fully saturated rings. The summed E-state index contributed by atoms with van der Waals surface area (Å²) in [5.41, 5.74) is 5.42. The van der Waals surface area contributed by atoms with Gasteiger partial charge in [0.1, 0.15) is 0 Å². The Morgan fingerprint density at radius 1 is 1.10 bits per heavy atom. The molecule has 2 aliphatic rings. The fraction of sp³-hybridized carbons (Fsp3) is 0.417. The standard InChI is InChI=1S/C24H28ClN3O/c1-17-10-11-18(2)20(14-17)22-15-23(19-8-4-5-9-21(19)25)28(26-22)24(29)16-27-12-6-3-7-13-27/h4-5,8-11,14,23H,3,6-7,12-13,15-16H2,1-2H3/t23-/m0/s1. The lowest BCUT2D eigenvalue weighted by Gasteiger charge is -2.29. The summed E-state index contributed by atoms with van der Waals surface area (Å²) >= 11 is 6.52. The summed E-state index contributed by atoms with van der Waals surface area (Å²) in [6.07, 6.45) is 4.27. The van der Waals surface area contributed by atoms with Gasteiger partial charge in [0.2, 0.25) is 0 Å². The van der Waals surface area contributed by atoms with E-state index in [0.29, 0.717) is 18.0 Å². The Labute approximate surface area is 178 Å². The smallest absolute Gasteiger partial charge is 0.257 e. The topological polar surface area (TPSA) is 35.9 Å². The third kappa shape index (κ3) is 4.39. The number of carbonyl (C=O) groups excluding carboxylic acids is 1. The van der Waals surface area contributed by atoms with Crippen LogP contribution in [0.1, 0.15) is 54.0 Å². The average Bonchev–Trinajstić information content (AvgIpc) is 3.16. The van der Waals surface area contributed by atoms with E-state index in [0.717, 1.165) is 42.8 Å². The molecule has 5 heteroatoms. The molecule has 0 unspecified atom stereocenters. The van der Waals surface area contributed by atoms with Gasteiger partial charge in [0.05, 0.1) is 18.3 Å². The van der Waals surface area contributed by atoms with Crippen molar-refractivity contribution < 1.29 is 4.79 Å². The first-order valence-electron chi connectivity index (χ1n) is 10.5. The fourth-order valence-electron chi connectivity index (χ4n) is 4.32. The Balaban J connectivity index is 1.66. The number of hydrazone groups is 1. The minimum atomic E-state index is -0.157. The molecule has 0 saturated carbocycles. The second-order valence-electron chi connectivity index (χ2n) is 8.18. The van der Waals surface area contributed by atoms with Gasteiger partial charge >= 0.3 is 0 Å². The number of carbonyl (C=O) groups is 1. The van der Waals surface area contributed by atoms with Crippen molar-refractivity contribution in [2.24, 2.45) is 5.10 Å². The highest BCUT2D eigenvalue weighted by Gasteiger charge is 2.35. The second kappa shape index (κ2) is 8.68. The highest BCUT2D eigenvalue weighted by atomic mass is 35.5. The summed E-state index contributed by atoms with van der Waals surface area (Å²) in [7, 11) is 0. The zero-order valence-electron chi connectivity index (χ0n) is 17.2. The highest BCUT2D eigenvalue weighted by Crippen LogP contribution is 2.37. The zero-order chi connectivity index (χ0) is 20.4. The minimum Gasteiger partial charge on any atom is -0.294 e. The summed E-state index contributed by atoms with van der Waals surface area (Å²) < 4.78 is 0. The predicted molar refractivity (Wildman–Crippen MR) is 118 cm³/mol. The molecule has 0 aliphatic carbocycles. The number of piperidine rings is 1. The molecule has 2 aromatic carbocycles. The number of benzene rings is 2. The van der Waals surface area contributed by atoms with Crippen molar-refractivity contribution in [1.29, 1.82) is 0 Å². The van der Waals surface area contributed by atoms with E-state index in [1.165, 1.54) is 17.5 Å². The molecule has 2 aromatic rings. The molecule has 2 aliphatic heterocycles. The number of rotatable bonds is 4. The molecule has 152 valence electrons. The van der Waals surface area contributed by atoms with Crippen LogP contribution < -0.4 is 0 Å². The lowest BCUT2D eigenvalue weighted by Crippen LogP contribution is -2.40. The van der Waals surface area contributed by atoms with E-state index >= 15 is 0 Å². The van der Waals surface area contributed by atoms with Gasteiger partial charge in [-0.1, -0.05) is 53.9 Å². The summed E-state index contributed by atoms with van der Waals surface area (Å²) in [5.74, 6) is 0.0529. The highest BCUT2D eigenvalue weighted by molar-refractivity contribution is 6.31. The van der Waals surface area contributed by atoms with Crippen molar-refractivity contribution in [3.8, 4) is 0 Å². The van der Waals surface area contributed by atoms with Gasteiger partial charge in [-0.15, -0.1) is 0 Å². The van der Waals surface area contributed by atoms with Crippen molar-refractivity contribution in [1.82, 2.24) is 9.91 Å². The maximum Gasteiger partial charge on any atom is 0.257 e. The van der Waals surface area contributed by atoms with E-state index in [1.807, 2.05) is 24.3 Å². The first-order chi connectivity index (χ1) is 14.0. The summed E-state index contributed by atoms with van der Waals surface area (Å²) in [4.78, 5) is 15.5. The number of aryl methyl sites for hydroxylation is 2. The van der Waals surface area contributed by atoms with Gasteiger partial charge in [0.25, 0.3) is 5.91 Å². The van der Waals surface area contributed by atoms with Crippen molar-refractivity contribution in [2.45, 2.75) is 45.6 Å². The number of hydrogen-bond donors (Lipinski definition) is 0. The molecule has 1 saturated heterocycles. The van der Waals surface area contributed by atoms with Gasteiger partial charge in [-0.3, -0.25) is 9.69 Å². The van der Waals surface area contributed by atoms with Crippen LogP contribution in [0.5, 0.6) is 0 Å². The van der Waals surface area contributed by atoms with E-state index in [1.54, 1.807) is 5.01 Å². The van der Waals surface area contributed by atoms with E-state index in [2.05, 4.69) is 36.9 Å². The lowest BCUT2D eigenvalue weighted by atomic mass is 9.95. The minimum absolute atomic E-state index is 0.0529. The number of hydrogen-bond acceptors (Lipinski definition) is 3. The first-order valence-corrected chi connectivity index (χ1v) is 10.8. The van der Waals surface area contributed by atoms with E-state index in [-0.39, 0.29) is 11.9 Å². The van der Waals surface area contributed by atoms with Crippen LogP contribution in [0.2, 0.25) is 5.02 Å². The molecule has 0 aromatic heterocycles. The van der Waals surface area contributed by atoms with Crippen molar-refractivity contribution >= 4 is 23.2 Å². The quantitative estimate of drug-likeness (QED) is 0.702. The maximum atomic E-state index is 13.3. The van der Waals surface area contributed by atoms with Gasteiger partial charge in [-0.05, 0) is 63.0 Å².